The highest BCUT2D eigenvalue weighted by Crippen LogP contribution is 2.48. The van der Waals surface area contributed by atoms with Crippen molar-refractivity contribution in [1.82, 2.24) is 0 Å². The number of hydrogen-bond donors (Lipinski definition) is 0. The van der Waals surface area contributed by atoms with Gasteiger partial charge in [-0.3, -0.25) is 0 Å². The van der Waals surface area contributed by atoms with Gasteiger partial charge in [-0.1, -0.05) is 0 Å². The molecule has 4 rings (SSSR count). The number of rotatable bonds is 6. The van der Waals surface area contributed by atoms with Gasteiger partial charge in [-0.05, 0) is 88.2 Å². The van der Waals surface area contributed by atoms with E-state index in [9.17, 15) is 48.3 Å². The summed E-state index contributed by atoms with van der Waals surface area (Å²) in [6, 6.07) is 1.69. The van der Waals surface area contributed by atoms with Gasteiger partial charge in [0.05, 0.1) is 5.92 Å². The lowest BCUT2D eigenvalue weighted by molar-refractivity contribution is -0.224. The van der Waals surface area contributed by atoms with Gasteiger partial charge in [0.15, 0.2) is 5.83 Å². The van der Waals surface area contributed by atoms with E-state index in [1.807, 2.05) is 0 Å². The van der Waals surface area contributed by atoms with Crippen molar-refractivity contribution >= 4 is 5.83 Å². The van der Waals surface area contributed by atoms with Gasteiger partial charge in [0, 0.05) is 23.3 Å². The van der Waals surface area contributed by atoms with Crippen molar-refractivity contribution in [2.45, 2.75) is 76.5 Å². The van der Waals surface area contributed by atoms with Crippen molar-refractivity contribution in [3.05, 3.63) is 70.1 Å². The molecule has 0 bridgehead atoms. The summed E-state index contributed by atoms with van der Waals surface area (Å²) in [4.78, 5) is 0. The molecule has 0 radical (unpaired) electrons. The maximum absolute atomic E-state index is 14.8. The largest absolute Gasteiger partial charge is 0.432 e. The van der Waals surface area contributed by atoms with Crippen molar-refractivity contribution in [2.24, 2.45) is 17.8 Å². The third-order valence-corrected chi connectivity index (χ3v) is 8.28. The van der Waals surface area contributed by atoms with E-state index in [0.717, 1.165) is 19.1 Å². The van der Waals surface area contributed by atoms with Crippen molar-refractivity contribution < 1.29 is 53.0 Å². The summed E-state index contributed by atoms with van der Waals surface area (Å²) in [5.41, 5.74) is -2.90. The Morgan fingerprint density at radius 1 is 0.683 bits per heavy atom. The first-order chi connectivity index (χ1) is 19.1. The molecule has 2 aromatic carbocycles. The van der Waals surface area contributed by atoms with Crippen LogP contribution in [-0.2, 0) is 6.18 Å². The molecule has 0 saturated heterocycles. The quantitative estimate of drug-likeness (QED) is 0.300. The average molecular weight is 601 g/mol. The van der Waals surface area contributed by atoms with Crippen LogP contribution in [0, 0.1) is 41.0 Å². The lowest BCUT2D eigenvalue weighted by Crippen LogP contribution is -2.38. The Balaban J connectivity index is 1.33. The van der Waals surface area contributed by atoms with Crippen LogP contribution in [0.25, 0.3) is 5.83 Å². The van der Waals surface area contributed by atoms with Gasteiger partial charge in [0.1, 0.15) is 40.4 Å². The molecule has 0 amide bonds. The first-order valence-corrected chi connectivity index (χ1v) is 13.2. The number of halogens is 11. The molecule has 12 heteroatoms. The number of alkyl halides is 5. The van der Waals surface area contributed by atoms with Gasteiger partial charge >= 0.3 is 12.3 Å². The zero-order valence-electron chi connectivity index (χ0n) is 21.8. The minimum Gasteiger partial charge on any atom is -0.432 e. The zero-order chi connectivity index (χ0) is 30.3. The topological polar surface area (TPSA) is 9.23 Å². The van der Waals surface area contributed by atoms with Gasteiger partial charge in [-0.2, -0.15) is 22.0 Å². The second-order valence-corrected chi connectivity index (χ2v) is 10.8. The van der Waals surface area contributed by atoms with Gasteiger partial charge < -0.3 is 4.74 Å². The fraction of sp³-hybridized carbons (Fsp3) is 0.517. The van der Waals surface area contributed by atoms with E-state index in [-0.39, 0.29) is 42.4 Å². The van der Waals surface area contributed by atoms with Crippen LogP contribution >= 0.6 is 0 Å². The molecule has 0 N–H and O–H groups in total. The SMILES string of the molecule is CC(F)=C(F)c1cc(F)c(C2CCC(C3CCC(C(F)(F)Oc4cc(F)c(C(F)(F)F)c(F)c4)CC3)CC2)c(F)c1. The Hall–Kier alpha value is -2.79. The maximum atomic E-state index is 14.8. The van der Waals surface area contributed by atoms with E-state index in [1.165, 1.54) is 0 Å². The Bertz CT molecular complexity index is 1230. The summed E-state index contributed by atoms with van der Waals surface area (Å²) in [6.07, 6.45) is -6.47. The second-order valence-electron chi connectivity index (χ2n) is 10.8. The first-order valence-electron chi connectivity index (χ1n) is 13.2. The normalized spacial score (nSPS) is 24.7. The van der Waals surface area contributed by atoms with Crippen LogP contribution < -0.4 is 4.74 Å². The highest BCUT2D eigenvalue weighted by molar-refractivity contribution is 5.61. The Kier molecular flexibility index (Phi) is 8.99. The lowest BCUT2D eigenvalue weighted by atomic mass is 9.68. The molecule has 0 unspecified atom stereocenters. The third kappa shape index (κ3) is 6.83. The summed E-state index contributed by atoms with van der Waals surface area (Å²) in [7, 11) is 0. The molecule has 2 aliphatic rings. The number of hydrogen-bond acceptors (Lipinski definition) is 1. The molecule has 2 fully saturated rings. The molecule has 0 spiro atoms. The average Bonchev–Trinajstić information content (AvgIpc) is 2.86. The molecule has 0 aliphatic heterocycles. The van der Waals surface area contributed by atoms with Crippen LogP contribution in [0.1, 0.15) is 80.9 Å². The van der Waals surface area contributed by atoms with Crippen LogP contribution in [0.4, 0.5) is 48.3 Å². The van der Waals surface area contributed by atoms with Crippen molar-refractivity contribution in [1.29, 1.82) is 0 Å². The highest BCUT2D eigenvalue weighted by atomic mass is 19.4. The molecular weight excluding hydrogens is 573 g/mol. The molecular formula is C29H27F11O. The monoisotopic (exact) mass is 600 g/mol. The highest BCUT2D eigenvalue weighted by Gasteiger charge is 2.46. The number of allylic oxidation sites excluding steroid dienone is 1. The molecule has 1 nitrogen and oxygen atoms in total. The minimum absolute atomic E-state index is 0.000975. The smallest absolute Gasteiger partial charge is 0.422 e. The summed E-state index contributed by atoms with van der Waals surface area (Å²) in [5, 5.41) is 0. The van der Waals surface area contributed by atoms with Crippen LogP contribution in [0.5, 0.6) is 5.75 Å². The molecule has 2 aromatic rings. The minimum atomic E-state index is -5.34. The van der Waals surface area contributed by atoms with Crippen LogP contribution in [0.3, 0.4) is 0 Å². The van der Waals surface area contributed by atoms with Gasteiger partial charge in [0.25, 0.3) is 0 Å². The number of ether oxygens (including phenoxy) is 1. The van der Waals surface area contributed by atoms with E-state index >= 15 is 0 Å². The van der Waals surface area contributed by atoms with E-state index in [0.29, 0.717) is 38.5 Å². The molecule has 0 heterocycles. The van der Waals surface area contributed by atoms with E-state index < -0.39 is 75.9 Å². The van der Waals surface area contributed by atoms with Gasteiger partial charge in [0.2, 0.25) is 0 Å². The van der Waals surface area contributed by atoms with Crippen LogP contribution in [0.2, 0.25) is 0 Å². The molecule has 2 saturated carbocycles. The molecule has 2 aliphatic carbocycles. The lowest BCUT2D eigenvalue weighted by Gasteiger charge is -2.39. The Labute approximate surface area is 229 Å². The molecule has 41 heavy (non-hydrogen) atoms. The third-order valence-electron chi connectivity index (χ3n) is 8.28. The number of benzene rings is 2. The van der Waals surface area contributed by atoms with Gasteiger partial charge in [-0.15, -0.1) is 0 Å². The van der Waals surface area contributed by atoms with E-state index in [1.54, 1.807) is 0 Å². The van der Waals surface area contributed by atoms with Crippen molar-refractivity contribution in [2.75, 3.05) is 0 Å². The summed E-state index contributed by atoms with van der Waals surface area (Å²) < 4.78 is 156. The Morgan fingerprint density at radius 3 is 1.59 bits per heavy atom. The summed E-state index contributed by atoms with van der Waals surface area (Å²) in [6.45, 7) is 0.837. The van der Waals surface area contributed by atoms with E-state index in [2.05, 4.69) is 4.74 Å². The molecule has 0 aromatic heterocycles. The van der Waals surface area contributed by atoms with Gasteiger partial charge in [-0.25, -0.2) is 26.3 Å². The van der Waals surface area contributed by atoms with E-state index in [4.69, 9.17) is 0 Å². The standard InChI is InChI=1S/C29H27F11O/c1-14(30)27(35)18-10-21(31)25(22(32)11-18)17-4-2-15(3-5-17)16-6-8-19(9-7-16)29(39,40)41-20-12-23(33)26(24(34)13-20)28(36,37)38/h10-13,15-17,19H,2-9H2,1H3. The summed E-state index contributed by atoms with van der Waals surface area (Å²) >= 11 is 0. The fourth-order valence-corrected chi connectivity index (χ4v) is 6.23. The first kappa shape index (κ1) is 31.2. The molecule has 0 atom stereocenters. The maximum Gasteiger partial charge on any atom is 0.422 e. The predicted octanol–water partition coefficient (Wildman–Crippen LogP) is 10.6. The van der Waals surface area contributed by atoms with Crippen molar-refractivity contribution in [3.63, 3.8) is 0 Å². The second kappa shape index (κ2) is 11.8. The fourth-order valence-electron chi connectivity index (χ4n) is 6.23. The van der Waals surface area contributed by atoms with Crippen LogP contribution in [-0.4, -0.2) is 6.11 Å². The predicted molar refractivity (Wildman–Crippen MR) is 128 cm³/mol. The molecule has 226 valence electrons. The van der Waals surface area contributed by atoms with Crippen LogP contribution in [0.15, 0.2) is 30.1 Å². The van der Waals surface area contributed by atoms with Crippen molar-refractivity contribution in [3.8, 4) is 5.75 Å². The summed E-state index contributed by atoms with van der Waals surface area (Å²) in [5.74, 6) is -11.3. The Morgan fingerprint density at radius 2 is 1.15 bits per heavy atom. The zero-order valence-corrected chi connectivity index (χ0v) is 21.8.